The highest BCUT2D eigenvalue weighted by atomic mass is 16.5. The molecule has 148 valence electrons. The van der Waals surface area contributed by atoms with Crippen molar-refractivity contribution in [3.05, 3.63) is 53.6 Å². The second-order valence-corrected chi connectivity index (χ2v) is 7.31. The van der Waals surface area contributed by atoms with Crippen LogP contribution in [0, 0.1) is 0 Å². The molecule has 0 radical (unpaired) electrons. The summed E-state index contributed by atoms with van der Waals surface area (Å²) in [5.41, 5.74) is 3.72. The first kappa shape index (κ1) is 19.9. The van der Waals surface area contributed by atoms with Gasteiger partial charge in [0.15, 0.2) is 0 Å². The summed E-state index contributed by atoms with van der Waals surface area (Å²) in [6, 6.07) is 13.0. The topological polar surface area (TPSA) is 67.4 Å². The lowest BCUT2D eigenvalue weighted by Crippen LogP contribution is -2.29. The number of unbranched alkanes of at least 4 members (excludes halogenated alkanes) is 1. The molecular formula is C23H28N2O3. The van der Waals surface area contributed by atoms with Crippen molar-refractivity contribution >= 4 is 23.2 Å². The lowest BCUT2D eigenvalue weighted by atomic mass is 10.1. The van der Waals surface area contributed by atoms with E-state index in [0.717, 1.165) is 38.5 Å². The highest BCUT2D eigenvalue weighted by Crippen LogP contribution is 2.27. The summed E-state index contributed by atoms with van der Waals surface area (Å²) in [4.78, 5) is 24.7. The number of benzene rings is 2. The van der Waals surface area contributed by atoms with Crippen LogP contribution in [0.15, 0.2) is 42.5 Å². The van der Waals surface area contributed by atoms with E-state index in [9.17, 15) is 9.59 Å². The molecule has 1 aliphatic carbocycles. The van der Waals surface area contributed by atoms with E-state index in [0.29, 0.717) is 17.1 Å². The number of carbonyl (C=O) groups is 2. The number of nitrogens with one attached hydrogen (secondary N) is 2. The van der Waals surface area contributed by atoms with Crippen molar-refractivity contribution in [1.29, 1.82) is 0 Å². The third-order valence-electron chi connectivity index (χ3n) is 4.99. The van der Waals surface area contributed by atoms with Crippen LogP contribution in [0.1, 0.15) is 50.7 Å². The maximum Gasteiger partial charge on any atom is 0.314 e. The maximum absolute atomic E-state index is 12.4. The molecule has 0 bridgehead atoms. The fourth-order valence-electron chi connectivity index (χ4n) is 3.46. The van der Waals surface area contributed by atoms with Gasteiger partial charge in [-0.05, 0) is 68.0 Å². The van der Waals surface area contributed by atoms with Gasteiger partial charge in [-0.2, -0.15) is 0 Å². The van der Waals surface area contributed by atoms with Gasteiger partial charge in [0.2, 0.25) is 0 Å². The molecule has 1 aliphatic rings. The van der Waals surface area contributed by atoms with Gasteiger partial charge in [-0.15, -0.1) is 0 Å². The molecule has 0 fully saturated rings. The van der Waals surface area contributed by atoms with Crippen LogP contribution in [0.25, 0.3) is 0 Å². The Morgan fingerprint density at radius 2 is 1.79 bits per heavy atom. The van der Waals surface area contributed by atoms with Crippen LogP contribution in [-0.4, -0.2) is 17.9 Å². The Morgan fingerprint density at radius 3 is 2.61 bits per heavy atom. The van der Waals surface area contributed by atoms with Crippen molar-refractivity contribution in [3.63, 3.8) is 0 Å². The average molecular weight is 380 g/mol. The SMILES string of the molecule is CCCCC(C)Oc1ccccc1NC(=O)C(=O)Nc1ccc2c(c1)CCC2. The van der Waals surface area contributed by atoms with Crippen molar-refractivity contribution in [1.82, 2.24) is 0 Å². The molecule has 0 heterocycles. The number of aryl methyl sites for hydroxylation is 2. The number of ether oxygens (including phenoxy) is 1. The number of hydrogen-bond acceptors (Lipinski definition) is 3. The molecule has 3 rings (SSSR count). The predicted molar refractivity (Wildman–Crippen MR) is 112 cm³/mol. The second kappa shape index (κ2) is 9.40. The number of hydrogen-bond donors (Lipinski definition) is 2. The normalized spacial score (nSPS) is 13.5. The predicted octanol–water partition coefficient (Wildman–Crippen LogP) is 4.71. The molecular weight excluding hydrogens is 352 g/mol. The molecule has 0 saturated heterocycles. The van der Waals surface area contributed by atoms with E-state index in [1.54, 1.807) is 18.2 Å². The van der Waals surface area contributed by atoms with E-state index >= 15 is 0 Å². The number of fused-ring (bicyclic) bond motifs is 1. The number of amides is 2. The summed E-state index contributed by atoms with van der Waals surface area (Å²) >= 11 is 0. The molecule has 0 saturated carbocycles. The van der Waals surface area contributed by atoms with E-state index in [1.807, 2.05) is 31.2 Å². The van der Waals surface area contributed by atoms with Crippen LogP contribution < -0.4 is 15.4 Å². The van der Waals surface area contributed by atoms with Gasteiger partial charge >= 0.3 is 11.8 Å². The van der Waals surface area contributed by atoms with E-state index in [2.05, 4.69) is 17.6 Å². The van der Waals surface area contributed by atoms with Gasteiger partial charge in [0.25, 0.3) is 0 Å². The number of anilines is 2. The summed E-state index contributed by atoms with van der Waals surface area (Å²) in [5, 5.41) is 5.36. The molecule has 2 amide bonds. The van der Waals surface area contributed by atoms with E-state index < -0.39 is 11.8 Å². The second-order valence-electron chi connectivity index (χ2n) is 7.31. The number of para-hydroxylation sites is 2. The zero-order valence-electron chi connectivity index (χ0n) is 16.6. The number of rotatable bonds is 7. The molecule has 1 atom stereocenters. The largest absolute Gasteiger partial charge is 0.489 e. The zero-order valence-corrected chi connectivity index (χ0v) is 16.6. The first-order valence-corrected chi connectivity index (χ1v) is 10.1. The Morgan fingerprint density at radius 1 is 1.04 bits per heavy atom. The fourth-order valence-corrected chi connectivity index (χ4v) is 3.46. The van der Waals surface area contributed by atoms with Gasteiger partial charge in [0.05, 0.1) is 11.8 Å². The monoisotopic (exact) mass is 380 g/mol. The first-order valence-electron chi connectivity index (χ1n) is 10.1. The first-order chi connectivity index (χ1) is 13.6. The average Bonchev–Trinajstić information content (AvgIpc) is 3.15. The summed E-state index contributed by atoms with van der Waals surface area (Å²) in [5.74, 6) is -0.825. The lowest BCUT2D eigenvalue weighted by Gasteiger charge is -2.17. The van der Waals surface area contributed by atoms with Gasteiger partial charge < -0.3 is 15.4 Å². The van der Waals surface area contributed by atoms with Gasteiger partial charge in [0.1, 0.15) is 5.75 Å². The van der Waals surface area contributed by atoms with Gasteiger partial charge in [0, 0.05) is 5.69 Å². The van der Waals surface area contributed by atoms with Gasteiger partial charge in [-0.3, -0.25) is 9.59 Å². The van der Waals surface area contributed by atoms with Crippen LogP contribution in [-0.2, 0) is 22.4 Å². The van der Waals surface area contributed by atoms with Crippen LogP contribution in [0.5, 0.6) is 5.75 Å². The molecule has 2 N–H and O–H groups in total. The Bertz CT molecular complexity index is 847. The minimum absolute atomic E-state index is 0.0400. The molecule has 0 aliphatic heterocycles. The van der Waals surface area contributed by atoms with Crippen LogP contribution in [0.4, 0.5) is 11.4 Å². The smallest absolute Gasteiger partial charge is 0.314 e. The number of carbonyl (C=O) groups excluding carboxylic acids is 2. The molecule has 0 aromatic heterocycles. The Labute approximate surface area is 166 Å². The summed E-state index contributed by atoms with van der Waals surface area (Å²) in [7, 11) is 0. The Hall–Kier alpha value is -2.82. The third kappa shape index (κ3) is 5.12. The molecule has 5 heteroatoms. The van der Waals surface area contributed by atoms with E-state index in [-0.39, 0.29) is 6.10 Å². The highest BCUT2D eigenvalue weighted by Gasteiger charge is 2.18. The quantitative estimate of drug-likeness (QED) is 0.684. The molecule has 28 heavy (non-hydrogen) atoms. The highest BCUT2D eigenvalue weighted by molar-refractivity contribution is 6.43. The summed E-state index contributed by atoms with van der Waals surface area (Å²) < 4.78 is 5.95. The summed E-state index contributed by atoms with van der Waals surface area (Å²) in [6.45, 7) is 4.15. The molecule has 2 aromatic rings. The lowest BCUT2D eigenvalue weighted by molar-refractivity contribution is -0.133. The minimum Gasteiger partial charge on any atom is -0.489 e. The molecule has 0 spiro atoms. The molecule has 5 nitrogen and oxygen atoms in total. The fraction of sp³-hybridized carbons (Fsp3) is 0.391. The van der Waals surface area contributed by atoms with Crippen molar-refractivity contribution in [3.8, 4) is 5.75 Å². The Kier molecular flexibility index (Phi) is 6.69. The minimum atomic E-state index is -0.710. The van der Waals surface area contributed by atoms with Gasteiger partial charge in [-0.1, -0.05) is 38.0 Å². The van der Waals surface area contributed by atoms with Crippen LogP contribution >= 0.6 is 0 Å². The van der Waals surface area contributed by atoms with E-state index in [1.165, 1.54) is 11.1 Å². The van der Waals surface area contributed by atoms with Crippen molar-refractivity contribution in [2.24, 2.45) is 0 Å². The Balaban J connectivity index is 1.61. The third-order valence-corrected chi connectivity index (χ3v) is 4.99. The zero-order chi connectivity index (χ0) is 19.9. The van der Waals surface area contributed by atoms with Gasteiger partial charge in [-0.25, -0.2) is 0 Å². The van der Waals surface area contributed by atoms with Crippen LogP contribution in [0.2, 0.25) is 0 Å². The van der Waals surface area contributed by atoms with Crippen LogP contribution in [0.3, 0.4) is 0 Å². The maximum atomic E-state index is 12.4. The van der Waals surface area contributed by atoms with Crippen molar-refractivity contribution in [2.45, 2.75) is 58.5 Å². The molecule has 2 aromatic carbocycles. The van der Waals surface area contributed by atoms with Crippen molar-refractivity contribution < 1.29 is 14.3 Å². The van der Waals surface area contributed by atoms with E-state index in [4.69, 9.17) is 4.74 Å². The summed E-state index contributed by atoms with van der Waals surface area (Å²) in [6.07, 6.45) is 6.41. The van der Waals surface area contributed by atoms with Crippen molar-refractivity contribution in [2.75, 3.05) is 10.6 Å². The molecule has 1 unspecified atom stereocenters. The standard InChI is InChI=1S/C23H28N2O3/c1-3-4-8-16(2)28-21-12-6-5-11-20(21)25-23(27)22(26)24-19-14-13-17-9-7-10-18(17)15-19/h5-6,11-16H,3-4,7-10H2,1-2H3,(H,24,26)(H,25,27).